The van der Waals surface area contributed by atoms with Crippen LogP contribution in [0.4, 0.5) is 26.3 Å². The van der Waals surface area contributed by atoms with Crippen LogP contribution >= 0.6 is 0 Å². The van der Waals surface area contributed by atoms with E-state index in [0.717, 1.165) is 0 Å². The molecule has 3 fully saturated rings. The smallest absolute Gasteiger partial charge is 0.393 e. The number of aliphatic hydroxyl groups is 2. The van der Waals surface area contributed by atoms with E-state index < -0.39 is 67.0 Å². The van der Waals surface area contributed by atoms with Gasteiger partial charge in [-0.3, -0.25) is 0 Å². The van der Waals surface area contributed by atoms with Crippen LogP contribution in [-0.2, 0) is 16.1 Å². The predicted octanol–water partition coefficient (Wildman–Crippen LogP) is 3.27. The van der Waals surface area contributed by atoms with E-state index in [-0.39, 0.29) is 45.1 Å². The molecule has 0 aromatic heterocycles. The molecule has 4 bridgehead atoms. The Labute approximate surface area is 210 Å². The van der Waals surface area contributed by atoms with Crippen LogP contribution in [0.15, 0.2) is 30.3 Å². The largest absolute Gasteiger partial charge is 0.421 e. The Kier molecular flexibility index (Phi) is 8.73. The van der Waals surface area contributed by atoms with Crippen LogP contribution in [0.1, 0.15) is 50.5 Å². The predicted molar refractivity (Wildman–Crippen MR) is 120 cm³/mol. The second-order valence-electron chi connectivity index (χ2n) is 10.1. The zero-order valence-electron chi connectivity index (χ0n) is 20.1. The monoisotopic (exact) mass is 541 g/mol. The molecule has 0 amide bonds. The van der Waals surface area contributed by atoms with Crippen molar-refractivity contribution in [3.8, 4) is 0 Å². The van der Waals surface area contributed by atoms with Gasteiger partial charge in [0, 0.05) is 12.1 Å². The molecular weight excluding hydrogens is 508 g/mol. The Morgan fingerprint density at radius 3 is 2.35 bits per heavy atom. The van der Waals surface area contributed by atoms with Crippen molar-refractivity contribution in [2.24, 2.45) is 5.92 Å². The first kappa shape index (κ1) is 28.5. The van der Waals surface area contributed by atoms with E-state index in [2.05, 4.69) is 16.2 Å². The Hall–Kier alpha value is -1.48. The summed E-state index contributed by atoms with van der Waals surface area (Å²) in [5.74, 6) is -1.81. The average Bonchev–Trinajstić information content (AvgIpc) is 3.33. The van der Waals surface area contributed by atoms with E-state index >= 15 is 0 Å². The first-order valence-corrected chi connectivity index (χ1v) is 12.5. The van der Waals surface area contributed by atoms with Crippen LogP contribution in [0.25, 0.3) is 0 Å². The Balaban J connectivity index is 1.62. The van der Waals surface area contributed by atoms with E-state index in [1.807, 2.05) is 0 Å². The third-order valence-electron chi connectivity index (χ3n) is 7.60. The minimum Gasteiger partial charge on any atom is -0.393 e. The molecule has 8 atom stereocenters. The highest BCUT2D eigenvalue weighted by Crippen LogP contribution is 2.44. The lowest BCUT2D eigenvalue weighted by molar-refractivity contribution is -0.321. The van der Waals surface area contributed by atoms with Gasteiger partial charge in [-0.25, -0.2) is 10.9 Å². The maximum atomic E-state index is 14.7. The number of ether oxygens (including phenoxy) is 2. The normalized spacial score (nSPS) is 38.2. The molecule has 0 saturated carbocycles. The van der Waals surface area contributed by atoms with Gasteiger partial charge in [-0.05, 0) is 50.5 Å². The van der Waals surface area contributed by atoms with Crippen molar-refractivity contribution in [2.75, 3.05) is 0 Å². The van der Waals surface area contributed by atoms with Crippen LogP contribution in [0.3, 0.4) is 0 Å². The highest BCUT2D eigenvalue weighted by Gasteiger charge is 2.64. The third-order valence-corrected chi connectivity index (χ3v) is 7.60. The summed E-state index contributed by atoms with van der Waals surface area (Å²) in [7, 11) is 0. The summed E-state index contributed by atoms with van der Waals surface area (Å²) >= 11 is 0. The molecule has 4 rings (SSSR count). The van der Waals surface area contributed by atoms with Crippen molar-refractivity contribution in [3.63, 3.8) is 0 Å². The summed E-state index contributed by atoms with van der Waals surface area (Å²) in [5, 5.41) is 23.8. The maximum Gasteiger partial charge on any atom is 0.421 e. The quantitative estimate of drug-likeness (QED) is 0.375. The molecule has 7 unspecified atom stereocenters. The minimum absolute atomic E-state index is 0.0241. The third kappa shape index (κ3) is 6.40. The molecule has 5 N–H and O–H groups in total. The van der Waals surface area contributed by atoms with Crippen LogP contribution in [-0.4, -0.2) is 64.9 Å². The highest BCUT2D eigenvalue weighted by molar-refractivity contribution is 5.14. The molecule has 7 nitrogen and oxygen atoms in total. The number of aliphatic hydroxyl groups excluding tert-OH is 2. The van der Waals surface area contributed by atoms with E-state index in [1.165, 1.54) is 0 Å². The SMILES string of the molecule is OC1CCCC(O)C2NC(CCC2C(F)(F)F)C2NNC(O2)[C@@](OCc2ccccc2)(C(F)(F)F)CC1. The Bertz CT molecular complexity index is 876. The summed E-state index contributed by atoms with van der Waals surface area (Å²) in [4.78, 5) is 0. The molecule has 3 aliphatic rings. The fraction of sp³-hybridized carbons (Fsp3) is 0.750. The maximum absolute atomic E-state index is 14.7. The van der Waals surface area contributed by atoms with Crippen molar-refractivity contribution in [1.29, 1.82) is 0 Å². The van der Waals surface area contributed by atoms with Gasteiger partial charge in [0.2, 0.25) is 5.60 Å². The molecule has 1 aromatic carbocycles. The van der Waals surface area contributed by atoms with Gasteiger partial charge in [0.25, 0.3) is 0 Å². The van der Waals surface area contributed by atoms with Gasteiger partial charge in [0.05, 0.1) is 24.7 Å². The molecule has 0 radical (unpaired) electrons. The minimum atomic E-state index is -4.91. The van der Waals surface area contributed by atoms with Gasteiger partial charge >= 0.3 is 12.4 Å². The Morgan fingerprint density at radius 2 is 1.68 bits per heavy atom. The van der Waals surface area contributed by atoms with E-state index in [0.29, 0.717) is 5.56 Å². The van der Waals surface area contributed by atoms with Crippen LogP contribution in [0.2, 0.25) is 0 Å². The van der Waals surface area contributed by atoms with Gasteiger partial charge in [0.1, 0.15) is 6.23 Å². The van der Waals surface area contributed by atoms with Crippen LogP contribution in [0.5, 0.6) is 0 Å². The van der Waals surface area contributed by atoms with Crippen LogP contribution < -0.4 is 16.2 Å². The number of fused-ring (bicyclic) bond motifs is 5. The van der Waals surface area contributed by atoms with Gasteiger partial charge < -0.3 is 25.0 Å². The number of benzene rings is 1. The molecule has 3 saturated heterocycles. The summed E-state index contributed by atoms with van der Waals surface area (Å²) in [6.45, 7) is -0.369. The van der Waals surface area contributed by atoms with Gasteiger partial charge in [-0.2, -0.15) is 26.3 Å². The zero-order valence-corrected chi connectivity index (χ0v) is 20.1. The first-order chi connectivity index (χ1) is 17.4. The molecule has 3 aliphatic heterocycles. The van der Waals surface area contributed by atoms with Gasteiger partial charge in [-0.1, -0.05) is 30.3 Å². The molecular formula is C24H33F6N3O4. The lowest BCUT2D eigenvalue weighted by atomic mass is 9.82. The fourth-order valence-electron chi connectivity index (χ4n) is 5.47. The number of hydrogen-bond donors (Lipinski definition) is 5. The first-order valence-electron chi connectivity index (χ1n) is 12.5. The highest BCUT2D eigenvalue weighted by atomic mass is 19.4. The van der Waals surface area contributed by atoms with Crippen molar-refractivity contribution in [2.45, 2.75) is 106 Å². The number of alkyl halides is 6. The number of halogens is 6. The standard InChI is InChI=1S/C24H33F6N3O4/c25-23(26,27)16-9-10-17-20-32-33-21(37-20)22(24(28,29)30,36-13-14-5-2-1-3-6-14)12-11-15(34)7-4-8-18(35)19(16)31-17/h1-3,5-6,15-21,31-35H,4,7-13H2/t15?,16?,17?,18?,19?,20?,21?,22-/m1/s1. The number of hydrazine groups is 1. The summed E-state index contributed by atoms with van der Waals surface area (Å²) in [6.07, 6.45) is -15.9. The molecule has 1 aromatic rings. The number of piperidine rings is 1. The van der Waals surface area contributed by atoms with Gasteiger partial charge in [-0.15, -0.1) is 0 Å². The number of hydrogen-bond acceptors (Lipinski definition) is 7. The van der Waals surface area contributed by atoms with E-state index in [9.17, 15) is 36.6 Å². The number of rotatable bonds is 3. The number of nitrogens with one attached hydrogen (secondary N) is 3. The average molecular weight is 542 g/mol. The topological polar surface area (TPSA) is 95.0 Å². The lowest BCUT2D eigenvalue weighted by Gasteiger charge is -2.43. The fourth-order valence-corrected chi connectivity index (χ4v) is 5.47. The van der Waals surface area contributed by atoms with Crippen molar-refractivity contribution in [3.05, 3.63) is 35.9 Å². The lowest BCUT2D eigenvalue weighted by Crippen LogP contribution is -2.62. The summed E-state index contributed by atoms with van der Waals surface area (Å²) in [6, 6.07) is 6.18. The molecule has 37 heavy (non-hydrogen) atoms. The molecule has 0 spiro atoms. The van der Waals surface area contributed by atoms with E-state index in [4.69, 9.17) is 9.47 Å². The second-order valence-corrected chi connectivity index (χ2v) is 10.1. The Morgan fingerprint density at radius 1 is 0.946 bits per heavy atom. The molecule has 3 heterocycles. The van der Waals surface area contributed by atoms with Crippen molar-refractivity contribution in [1.82, 2.24) is 16.2 Å². The van der Waals surface area contributed by atoms with Crippen molar-refractivity contribution >= 4 is 0 Å². The second kappa shape index (κ2) is 11.3. The summed E-state index contributed by atoms with van der Waals surface area (Å²) in [5.41, 5.74) is 2.82. The molecule has 0 aliphatic carbocycles. The van der Waals surface area contributed by atoms with Gasteiger partial charge in [0.15, 0.2) is 6.23 Å². The zero-order chi connectivity index (χ0) is 26.8. The van der Waals surface area contributed by atoms with E-state index in [1.54, 1.807) is 30.3 Å². The molecule has 13 heteroatoms. The molecule has 210 valence electrons. The summed E-state index contributed by atoms with van der Waals surface area (Å²) < 4.78 is 96.5. The van der Waals surface area contributed by atoms with Crippen molar-refractivity contribution < 1.29 is 46.0 Å². The van der Waals surface area contributed by atoms with Crippen LogP contribution in [0, 0.1) is 5.92 Å².